The van der Waals surface area contributed by atoms with E-state index in [1.807, 2.05) is 146 Å². The number of ether oxygens (including phenoxy) is 3. The summed E-state index contributed by atoms with van der Waals surface area (Å²) in [4.78, 5) is 65.8. The van der Waals surface area contributed by atoms with Crippen molar-refractivity contribution in [2.45, 2.75) is 114 Å². The topological polar surface area (TPSA) is 159 Å². The van der Waals surface area contributed by atoms with Crippen LogP contribution in [0.25, 0.3) is 16.7 Å². The average molecular weight is 1540 g/mol. The molecule has 0 aliphatic carbocycles. The van der Waals surface area contributed by atoms with Crippen LogP contribution in [0.1, 0.15) is 147 Å². The number of carbonyl (C=O) groups excluding carboxylic acids is 3. The second-order valence-corrected chi connectivity index (χ2v) is 31.1. The van der Waals surface area contributed by atoms with E-state index in [2.05, 4.69) is 171 Å². The number of carbonyl (C=O) groups is 3. The van der Waals surface area contributed by atoms with Gasteiger partial charge < -0.3 is 34.7 Å². The number of thiophene rings is 1. The van der Waals surface area contributed by atoms with Crippen LogP contribution >= 0.6 is 22.9 Å². The number of piperidine rings is 2. The number of halogens is 1. The van der Waals surface area contributed by atoms with Crippen molar-refractivity contribution in [3.8, 4) is 0 Å². The number of nitrogen functional groups attached to an aromatic ring is 1. The lowest BCUT2D eigenvalue weighted by molar-refractivity contribution is -0.152. The molecule has 17 heteroatoms. The highest BCUT2D eigenvalue weighted by Crippen LogP contribution is 2.38. The highest BCUT2D eigenvalue weighted by Gasteiger charge is 2.34. The number of H-pyrrole nitrogens is 1. The van der Waals surface area contributed by atoms with Crippen molar-refractivity contribution in [1.29, 1.82) is 0 Å². The molecule has 0 amide bonds. The molecule has 0 radical (unpaired) electrons. The van der Waals surface area contributed by atoms with Crippen LogP contribution in [0.4, 0.5) is 5.69 Å². The molecule has 3 N–H and O–H groups in total. The highest BCUT2D eigenvalue weighted by molar-refractivity contribution is 7.10. The van der Waals surface area contributed by atoms with Gasteiger partial charge in [-0.25, -0.2) is 9.59 Å². The fourth-order valence-corrected chi connectivity index (χ4v) is 16.8. The van der Waals surface area contributed by atoms with Gasteiger partial charge in [0.15, 0.2) is 5.78 Å². The predicted molar refractivity (Wildman–Crippen MR) is 455 cm³/mol. The number of anilines is 1. The third kappa shape index (κ3) is 22.1. The minimum atomic E-state index is -0.447. The molecule has 5 aliphatic heterocycles. The van der Waals surface area contributed by atoms with Gasteiger partial charge in [-0.1, -0.05) is 249 Å². The molecule has 2 saturated heterocycles. The molecule has 2 unspecified atom stereocenters. The van der Waals surface area contributed by atoms with Crippen LogP contribution < -0.4 is 11.4 Å². The number of imidazole rings is 1. The number of hydrogen-bond acceptors (Lipinski definition) is 14. The zero-order chi connectivity index (χ0) is 78.1. The molecule has 0 spiro atoms. The molecule has 0 bridgehead atoms. The maximum atomic E-state index is 13.0. The lowest BCUT2D eigenvalue weighted by atomic mass is 9.84. The normalized spacial score (nSPS) is 17.1. The van der Waals surface area contributed by atoms with E-state index in [0.717, 1.165) is 168 Å². The number of nitrogens with two attached hydrogens (primary N) is 1. The summed E-state index contributed by atoms with van der Waals surface area (Å²) in [5.41, 5.74) is 22.4. The number of nitrogens with one attached hydrogen (secondary N) is 1. The van der Waals surface area contributed by atoms with Gasteiger partial charge in [-0.3, -0.25) is 28.9 Å². The zero-order valence-electron chi connectivity index (χ0n) is 65.3. The summed E-state index contributed by atoms with van der Waals surface area (Å²) in [6.07, 6.45) is 10.0. The number of fused-ring (bicyclic) bond motifs is 3. The molecule has 11 aromatic rings. The number of methoxy groups -OCH3 is 1. The van der Waals surface area contributed by atoms with Crippen LogP contribution in [0.15, 0.2) is 265 Å². The second-order valence-electron chi connectivity index (χ2n) is 29.7. The number of rotatable bonds is 19. The first-order valence-corrected chi connectivity index (χ1v) is 40.8. The lowest BCUT2D eigenvalue weighted by Gasteiger charge is -2.33. The van der Waals surface area contributed by atoms with E-state index in [1.165, 1.54) is 50.9 Å². The van der Waals surface area contributed by atoms with E-state index in [-0.39, 0.29) is 41.5 Å². The molecule has 2 fully saturated rings. The number of aromatic amines is 1. The zero-order valence-corrected chi connectivity index (χ0v) is 66.9. The van der Waals surface area contributed by atoms with Gasteiger partial charge in [0.05, 0.1) is 24.2 Å². The summed E-state index contributed by atoms with van der Waals surface area (Å²) in [7, 11) is 5.76. The Hall–Kier alpha value is -9.85. The van der Waals surface area contributed by atoms with Crippen molar-refractivity contribution >= 4 is 63.1 Å². The Morgan fingerprint density at radius 2 is 1.24 bits per heavy atom. The Labute approximate surface area is 670 Å². The number of Topliss-reactive ketones (excluding diaryl/α,β-unsaturated/α-hetero) is 1. The quantitative estimate of drug-likeness (QED) is 0.0448. The van der Waals surface area contributed by atoms with E-state index in [1.54, 1.807) is 15.9 Å². The molecule has 15 nitrogen and oxygen atoms in total. The first-order chi connectivity index (χ1) is 54.7. The predicted octanol–water partition coefficient (Wildman–Crippen LogP) is 18.1. The standard InChI is InChI=1S/C23H25N3O2.C21H25NO2.C19H23NO.C16H16ClNO2S.C16H18N2/c1-17-8-10-18(11-9-17)22(27)7-4-14-25-15-12-19(13-16-25)26-21-6-3-2-5-20(21)24-23(26)28;1-2-22-15-9-14-19(16-22)24-21(23)20(17-10-5-3-6-11-17)18-12-7-4-8-13-18;1-20-14-12-18(13-15-20)21-19(16-8-4-2-5-9-16)17-10-6-3-7-11-17;1-20-16(19)15(12-4-2-3-5-13(12)17)18-8-6-14-11(10-18)7-9-21-14;1-18-10-14(12-6-3-2-4-7-12)13-8-5-9-16(17)15(13)11-18/h2-3,5-6,8-12H,4,7,13-16H2,1H3,(H,24,28);3-8,10-13,19-20H,2,9,14-16H2,1H3;2-11,18-19H,12-15H2,1H3;2-5,7,9,15H,6,8,10H2,1H3;2-9,14H,10-11,17H2,1H3/t;;;15-;/m...0./s1. The monoisotopic (exact) mass is 1540 g/mol. The lowest BCUT2D eigenvalue weighted by Crippen LogP contribution is -2.41. The SMILES string of the molecule is CCN1CCCC(OC(=O)C(c2ccccc2)c2ccccc2)C1.CN1CCC(OC(c2ccccc2)c2ccccc2)CC1.CN1Cc2c(N)cccc2C(c2ccccc2)C1.COC(=O)[C@H](c1ccccc1Cl)N1CCc2sccc2C1.Cc1ccc(C(=O)CCCN2CC=C(n3c(=O)[nH]c4ccccc43)CC2)cc1. The Bertz CT molecular complexity index is 4780. The highest BCUT2D eigenvalue weighted by atomic mass is 35.5. The average Bonchev–Trinajstić information content (AvgIpc) is 1.75. The summed E-state index contributed by atoms with van der Waals surface area (Å²) in [5, 5.41) is 2.71. The van der Waals surface area contributed by atoms with Crippen LogP contribution in [0, 0.1) is 6.92 Å². The number of esters is 2. The molecular formula is C95H107ClN8O7S. The first kappa shape index (κ1) is 81.6. The smallest absolute Gasteiger partial charge is 0.330 e. The Morgan fingerprint density at radius 3 is 1.88 bits per heavy atom. The number of aryl methyl sites for hydroxylation is 1. The fraction of sp³-hybridized carbons (Fsp3) is 0.326. The Balaban J connectivity index is 0.000000131. The summed E-state index contributed by atoms with van der Waals surface area (Å²) >= 11 is 8.07. The van der Waals surface area contributed by atoms with Crippen LogP contribution in [-0.4, -0.2) is 151 Å². The van der Waals surface area contributed by atoms with Crippen LogP contribution in [0.2, 0.25) is 5.02 Å². The summed E-state index contributed by atoms with van der Waals surface area (Å²) < 4.78 is 19.2. The van der Waals surface area contributed by atoms with Crippen molar-refractivity contribution in [2.75, 3.05) is 92.4 Å². The Kier molecular flexibility index (Phi) is 29.9. The van der Waals surface area contributed by atoms with Gasteiger partial charge >= 0.3 is 17.6 Å². The van der Waals surface area contributed by atoms with Gasteiger partial charge in [0.25, 0.3) is 0 Å². The molecule has 7 heterocycles. The summed E-state index contributed by atoms with van der Waals surface area (Å²) in [6, 6.07) is 82.6. The van der Waals surface area contributed by atoms with Gasteiger partial charge in [-0.2, -0.15) is 0 Å². The van der Waals surface area contributed by atoms with Crippen LogP contribution in [-0.2, 0) is 43.3 Å². The van der Waals surface area contributed by atoms with Crippen molar-refractivity contribution in [3.63, 3.8) is 0 Å². The first-order valence-electron chi connectivity index (χ1n) is 39.6. The molecule has 112 heavy (non-hydrogen) atoms. The third-order valence-electron chi connectivity index (χ3n) is 21.9. The van der Waals surface area contributed by atoms with Gasteiger partial charge in [0.2, 0.25) is 0 Å². The minimum Gasteiger partial charge on any atom is -0.468 e. The molecule has 5 aliphatic rings. The number of para-hydroxylation sites is 2. The van der Waals surface area contributed by atoms with E-state index in [9.17, 15) is 19.2 Å². The van der Waals surface area contributed by atoms with E-state index >= 15 is 0 Å². The number of nitrogens with zero attached hydrogens (tertiary/aromatic N) is 6. The number of ketones is 1. The number of likely N-dealkylation sites (N-methyl/N-ethyl adjacent to an activating group) is 2. The van der Waals surface area contributed by atoms with Gasteiger partial charge in [-0.15, -0.1) is 11.3 Å². The number of hydrogen-bond donors (Lipinski definition) is 2. The van der Waals surface area contributed by atoms with Crippen LogP contribution in [0.3, 0.4) is 0 Å². The maximum Gasteiger partial charge on any atom is 0.330 e. The van der Waals surface area contributed by atoms with Gasteiger partial charge in [0, 0.05) is 105 Å². The number of aromatic nitrogens is 2. The van der Waals surface area contributed by atoms with Crippen molar-refractivity contribution < 1.29 is 28.6 Å². The minimum absolute atomic E-state index is 0.00104. The maximum absolute atomic E-state index is 13.0. The van der Waals surface area contributed by atoms with Crippen molar-refractivity contribution in [1.82, 2.24) is 34.1 Å². The molecule has 3 atom stereocenters. The molecular weight excluding hydrogens is 1430 g/mol. The van der Waals surface area contributed by atoms with Gasteiger partial charge in [-0.05, 0) is 165 Å². The third-order valence-corrected chi connectivity index (χ3v) is 23.2. The van der Waals surface area contributed by atoms with Gasteiger partial charge in [0.1, 0.15) is 24.2 Å². The van der Waals surface area contributed by atoms with E-state index in [0.29, 0.717) is 23.5 Å². The molecule has 0 saturated carbocycles. The molecule has 2 aromatic heterocycles. The van der Waals surface area contributed by atoms with Crippen molar-refractivity contribution in [2.24, 2.45) is 0 Å². The van der Waals surface area contributed by atoms with Crippen LogP contribution in [0.5, 0.6) is 0 Å². The number of benzene rings is 9. The molecule has 9 aromatic carbocycles. The second kappa shape index (κ2) is 41.1. The Morgan fingerprint density at radius 1 is 0.616 bits per heavy atom. The largest absolute Gasteiger partial charge is 0.468 e. The van der Waals surface area contributed by atoms with Crippen molar-refractivity contribution in [3.05, 3.63) is 342 Å². The van der Waals surface area contributed by atoms with E-state index < -0.39 is 6.04 Å². The fourth-order valence-electron chi connectivity index (χ4n) is 15.7. The molecule has 16 rings (SSSR count). The number of likely N-dealkylation sites (tertiary alicyclic amines) is 2. The summed E-state index contributed by atoms with van der Waals surface area (Å²) in [6.45, 7) is 15.6. The molecule has 582 valence electrons. The van der Waals surface area contributed by atoms with E-state index in [4.69, 9.17) is 31.5 Å². The summed E-state index contributed by atoms with van der Waals surface area (Å²) in [5.74, 6) is -0.122.